The van der Waals surface area contributed by atoms with Crippen molar-refractivity contribution in [2.24, 2.45) is 0 Å². The molecule has 0 unspecified atom stereocenters. The molecule has 0 spiro atoms. The van der Waals surface area contributed by atoms with Crippen molar-refractivity contribution in [3.05, 3.63) is 24.0 Å². The van der Waals surface area contributed by atoms with Crippen LogP contribution in [0.4, 0.5) is 5.82 Å². The van der Waals surface area contributed by atoms with E-state index in [-0.39, 0.29) is 0 Å². The molecule has 2 heterocycles. The van der Waals surface area contributed by atoms with Crippen molar-refractivity contribution in [2.45, 2.75) is 22.7 Å². The summed E-state index contributed by atoms with van der Waals surface area (Å²) >= 11 is 3.14. The number of rotatable bonds is 5. The molecule has 0 aliphatic heterocycles. The number of aromatic nitrogens is 3. The molecule has 0 saturated heterocycles. The zero-order valence-corrected chi connectivity index (χ0v) is 10.5. The van der Waals surface area contributed by atoms with E-state index in [9.17, 15) is 0 Å². The Hall–Kier alpha value is -1.14. The predicted octanol–water partition coefficient (Wildman–Crippen LogP) is 2.91. The Morgan fingerprint density at radius 1 is 1.44 bits per heavy atom. The van der Waals surface area contributed by atoms with Crippen molar-refractivity contribution in [1.29, 1.82) is 0 Å². The van der Waals surface area contributed by atoms with E-state index < -0.39 is 0 Å². The normalized spacial score (nSPS) is 10.3. The molecule has 16 heavy (non-hydrogen) atoms. The number of hydrogen-bond donors (Lipinski definition) is 1. The summed E-state index contributed by atoms with van der Waals surface area (Å²) in [4.78, 5) is 12.8. The molecular weight excluding hydrogens is 240 g/mol. The fraction of sp³-hybridized carbons (Fsp3) is 0.300. The molecule has 0 aromatic carbocycles. The highest BCUT2D eigenvalue weighted by atomic mass is 32.2. The number of nitrogens with zero attached hydrogens (tertiary/aromatic N) is 3. The Kier molecular flexibility index (Phi) is 4.12. The molecule has 0 aliphatic rings. The van der Waals surface area contributed by atoms with E-state index in [4.69, 9.17) is 0 Å². The molecular formula is C10H12N4S2. The first kappa shape index (κ1) is 11.3. The van der Waals surface area contributed by atoms with Crippen LogP contribution in [0.3, 0.4) is 0 Å². The smallest absolute Gasteiger partial charge is 0.156 e. The van der Waals surface area contributed by atoms with Gasteiger partial charge in [0, 0.05) is 18.1 Å². The number of hydrogen-bond acceptors (Lipinski definition) is 6. The van der Waals surface area contributed by atoms with Crippen LogP contribution in [0.5, 0.6) is 0 Å². The Morgan fingerprint density at radius 2 is 2.38 bits per heavy atom. The van der Waals surface area contributed by atoms with Gasteiger partial charge in [0.1, 0.15) is 10.8 Å². The average Bonchev–Trinajstić information content (AvgIpc) is 2.80. The zero-order chi connectivity index (χ0) is 11.2. The molecule has 0 amide bonds. The number of thiazole rings is 1. The van der Waals surface area contributed by atoms with Gasteiger partial charge in [-0.3, -0.25) is 4.98 Å². The fourth-order valence-electron chi connectivity index (χ4n) is 1.09. The molecule has 2 aromatic rings. The quantitative estimate of drug-likeness (QED) is 0.886. The molecule has 0 aliphatic carbocycles. The van der Waals surface area contributed by atoms with Gasteiger partial charge in [-0.1, -0.05) is 6.92 Å². The summed E-state index contributed by atoms with van der Waals surface area (Å²) in [5.74, 6) is 0.823. The summed E-state index contributed by atoms with van der Waals surface area (Å²) < 4.78 is 0.988. The zero-order valence-electron chi connectivity index (χ0n) is 8.88. The molecule has 6 heteroatoms. The standard InChI is InChI=1S/C10H12N4S2/c1-2-3-12-8-6-11-7-9(14-8)16-10-13-4-5-15-10/h4-7H,2-3H2,1H3,(H,12,14). The van der Waals surface area contributed by atoms with Crippen molar-refractivity contribution in [2.75, 3.05) is 11.9 Å². The van der Waals surface area contributed by atoms with Crippen molar-refractivity contribution in [3.63, 3.8) is 0 Å². The van der Waals surface area contributed by atoms with E-state index in [1.165, 1.54) is 11.8 Å². The first-order valence-electron chi connectivity index (χ1n) is 5.01. The van der Waals surface area contributed by atoms with Gasteiger partial charge in [-0.05, 0) is 18.2 Å². The SMILES string of the molecule is CCCNc1cncc(Sc2nccs2)n1. The van der Waals surface area contributed by atoms with Crippen LogP contribution in [0.1, 0.15) is 13.3 Å². The average molecular weight is 252 g/mol. The second-order valence-corrected chi connectivity index (χ2v) is 5.23. The third-order valence-corrected chi connectivity index (χ3v) is 3.56. The minimum absolute atomic E-state index is 0.823. The van der Waals surface area contributed by atoms with Crippen LogP contribution >= 0.6 is 23.1 Å². The van der Waals surface area contributed by atoms with E-state index in [1.54, 1.807) is 29.9 Å². The van der Waals surface area contributed by atoms with Gasteiger partial charge in [-0.2, -0.15) is 0 Å². The molecule has 0 fully saturated rings. The molecule has 2 rings (SSSR count). The van der Waals surface area contributed by atoms with Crippen LogP contribution < -0.4 is 5.32 Å². The maximum absolute atomic E-state index is 4.44. The minimum Gasteiger partial charge on any atom is -0.369 e. The fourth-order valence-corrected chi connectivity index (χ4v) is 2.61. The van der Waals surface area contributed by atoms with Crippen molar-refractivity contribution >= 4 is 28.9 Å². The van der Waals surface area contributed by atoms with Crippen molar-refractivity contribution < 1.29 is 0 Å². The number of anilines is 1. The summed E-state index contributed by atoms with van der Waals surface area (Å²) in [7, 11) is 0. The van der Waals surface area contributed by atoms with Crippen LogP contribution in [-0.2, 0) is 0 Å². The maximum atomic E-state index is 4.44. The lowest BCUT2D eigenvalue weighted by Gasteiger charge is -2.03. The van der Waals surface area contributed by atoms with Gasteiger partial charge in [0.2, 0.25) is 0 Å². The number of nitrogens with one attached hydrogen (secondary N) is 1. The third kappa shape index (κ3) is 3.18. The van der Waals surface area contributed by atoms with E-state index >= 15 is 0 Å². The summed E-state index contributed by atoms with van der Waals surface area (Å²) in [6.07, 6.45) is 6.36. The topological polar surface area (TPSA) is 50.7 Å². The van der Waals surface area contributed by atoms with Gasteiger partial charge >= 0.3 is 0 Å². The van der Waals surface area contributed by atoms with Crippen molar-refractivity contribution in [3.8, 4) is 0 Å². The van der Waals surface area contributed by atoms with Crippen LogP contribution in [0.25, 0.3) is 0 Å². The lowest BCUT2D eigenvalue weighted by atomic mass is 10.5. The summed E-state index contributed by atoms with van der Waals surface area (Å²) in [6.45, 7) is 3.04. The van der Waals surface area contributed by atoms with Crippen LogP contribution in [0.15, 0.2) is 33.3 Å². The van der Waals surface area contributed by atoms with Gasteiger partial charge in [-0.15, -0.1) is 11.3 Å². The van der Waals surface area contributed by atoms with Gasteiger partial charge in [0.15, 0.2) is 4.34 Å². The monoisotopic (exact) mass is 252 g/mol. The molecule has 4 nitrogen and oxygen atoms in total. The largest absolute Gasteiger partial charge is 0.369 e. The van der Waals surface area contributed by atoms with Gasteiger partial charge in [-0.25, -0.2) is 9.97 Å². The summed E-state index contributed by atoms with van der Waals surface area (Å²) in [6, 6.07) is 0. The van der Waals surface area contributed by atoms with E-state index in [1.807, 2.05) is 5.38 Å². The first-order chi connectivity index (χ1) is 7.88. The van der Waals surface area contributed by atoms with Crippen LogP contribution in [0.2, 0.25) is 0 Å². The van der Waals surface area contributed by atoms with E-state index in [0.717, 1.165) is 28.1 Å². The molecule has 84 valence electrons. The van der Waals surface area contributed by atoms with E-state index in [0.29, 0.717) is 0 Å². The van der Waals surface area contributed by atoms with Gasteiger partial charge < -0.3 is 5.32 Å². The van der Waals surface area contributed by atoms with Gasteiger partial charge in [0.05, 0.1) is 12.4 Å². The highest BCUT2D eigenvalue weighted by Crippen LogP contribution is 2.27. The van der Waals surface area contributed by atoms with Crippen LogP contribution in [0, 0.1) is 0 Å². The summed E-state index contributed by atoms with van der Waals surface area (Å²) in [5.41, 5.74) is 0. The molecule has 2 aromatic heterocycles. The highest BCUT2D eigenvalue weighted by molar-refractivity contribution is 8.00. The molecule has 0 radical (unpaired) electrons. The molecule has 0 saturated carbocycles. The Morgan fingerprint density at radius 3 is 3.12 bits per heavy atom. The minimum atomic E-state index is 0.823. The Bertz CT molecular complexity index is 430. The van der Waals surface area contributed by atoms with E-state index in [2.05, 4.69) is 27.2 Å². The first-order valence-corrected chi connectivity index (χ1v) is 6.71. The lowest BCUT2D eigenvalue weighted by molar-refractivity contribution is 0.948. The predicted molar refractivity (Wildman–Crippen MR) is 67.0 cm³/mol. The second-order valence-electron chi connectivity index (χ2n) is 3.07. The third-order valence-electron chi connectivity index (χ3n) is 1.77. The Balaban J connectivity index is 2.04. The summed E-state index contributed by atoms with van der Waals surface area (Å²) in [5, 5.41) is 6.04. The van der Waals surface area contributed by atoms with Crippen LogP contribution in [-0.4, -0.2) is 21.5 Å². The van der Waals surface area contributed by atoms with Gasteiger partial charge in [0.25, 0.3) is 0 Å². The second kappa shape index (κ2) is 5.81. The lowest BCUT2D eigenvalue weighted by Crippen LogP contribution is -2.02. The Labute approximate surface area is 103 Å². The molecule has 0 bridgehead atoms. The highest BCUT2D eigenvalue weighted by Gasteiger charge is 2.02. The molecule has 0 atom stereocenters. The molecule has 1 N–H and O–H groups in total. The maximum Gasteiger partial charge on any atom is 0.156 e. The van der Waals surface area contributed by atoms with Crippen molar-refractivity contribution in [1.82, 2.24) is 15.0 Å².